The molecule has 4 aromatic rings. The first kappa shape index (κ1) is 43.6. The van der Waals surface area contributed by atoms with Crippen LogP contribution in [0, 0.1) is 0 Å². The Bertz CT molecular complexity index is 2500. The lowest BCUT2D eigenvalue weighted by atomic mass is 10.0. The molecule has 3 fully saturated rings. The maximum absolute atomic E-state index is 13.4. The number of nitrogens with zero attached hydrogens (tertiary/aromatic N) is 6. The van der Waals surface area contributed by atoms with Gasteiger partial charge in [0.1, 0.15) is 24.0 Å². The van der Waals surface area contributed by atoms with Crippen molar-refractivity contribution in [3.63, 3.8) is 0 Å². The first-order valence-electron chi connectivity index (χ1n) is 21.0. The number of aromatic nitrogens is 2. The topological polar surface area (TPSA) is 199 Å². The van der Waals surface area contributed by atoms with Gasteiger partial charge in [0.2, 0.25) is 23.7 Å². The van der Waals surface area contributed by atoms with Gasteiger partial charge in [-0.1, -0.05) is 29.8 Å². The van der Waals surface area contributed by atoms with Crippen molar-refractivity contribution in [1.29, 1.82) is 0 Å². The summed E-state index contributed by atoms with van der Waals surface area (Å²) in [6.07, 6.45) is 3.80. The Labute approximate surface area is 370 Å². The van der Waals surface area contributed by atoms with E-state index >= 15 is 0 Å². The third kappa shape index (κ3) is 9.36. The fraction of sp³-hybridized carbons (Fsp3) is 0.386. The van der Waals surface area contributed by atoms with Crippen LogP contribution >= 0.6 is 18.7 Å². The van der Waals surface area contributed by atoms with E-state index in [1.54, 1.807) is 38.6 Å². The third-order valence-corrected chi connectivity index (χ3v) is 13.9. The van der Waals surface area contributed by atoms with Crippen LogP contribution in [0.2, 0.25) is 5.02 Å². The predicted molar refractivity (Wildman–Crippen MR) is 242 cm³/mol. The molecule has 19 heteroatoms. The molecular formula is C44H50ClN10O7P. The van der Waals surface area contributed by atoms with Crippen LogP contribution in [0.1, 0.15) is 52.8 Å². The zero-order valence-electron chi connectivity index (χ0n) is 35.4. The highest BCUT2D eigenvalue weighted by Crippen LogP contribution is 2.39. The van der Waals surface area contributed by atoms with Gasteiger partial charge >= 0.3 is 0 Å². The second-order valence-electron chi connectivity index (χ2n) is 16.4. The van der Waals surface area contributed by atoms with Crippen LogP contribution < -0.4 is 36.2 Å². The summed E-state index contributed by atoms with van der Waals surface area (Å²) in [6, 6.07) is 17.6. The number of methoxy groups -OCH3 is 1. The van der Waals surface area contributed by atoms with Gasteiger partial charge in [-0.3, -0.25) is 39.1 Å². The summed E-state index contributed by atoms with van der Waals surface area (Å²) in [6.45, 7) is 8.26. The largest absolute Gasteiger partial charge is 0.494 e. The number of piperazine rings is 1. The van der Waals surface area contributed by atoms with Gasteiger partial charge < -0.3 is 35.1 Å². The molecule has 3 aromatic carbocycles. The number of imide groups is 2. The summed E-state index contributed by atoms with van der Waals surface area (Å²) in [7, 11) is -0.945. The summed E-state index contributed by atoms with van der Waals surface area (Å²) in [5.41, 5.74) is 3.19. The standard InChI is InChI=1S/C44H50ClN10O7P/c1-62-35-25-28(11-12-31(35)49-44-47-26-30(45)40(51-44)48-32-8-4-5-10-36(32)63(2,3)61)52-19-16-27(17-20-52)53-21-23-54(24-22-53)38(57)15-18-46-33-9-6-7-29-39(33)43(60)55(42(29)59)34-13-14-37(56)50-41(34)58/h4-12,25-27,34,46H,13-24H2,1-3H3,(H,50,56,58)(H2,47,48,49,51). The van der Waals surface area contributed by atoms with Gasteiger partial charge in [0.15, 0.2) is 5.82 Å². The fourth-order valence-corrected chi connectivity index (χ4v) is 10.0. The number of nitrogens with one attached hydrogen (secondary N) is 4. The molecule has 17 nitrogen and oxygen atoms in total. The summed E-state index contributed by atoms with van der Waals surface area (Å²) < 4.78 is 18.7. The molecule has 3 saturated heterocycles. The lowest BCUT2D eigenvalue weighted by molar-refractivity contribution is -0.136. The highest BCUT2D eigenvalue weighted by atomic mass is 35.5. The van der Waals surface area contributed by atoms with Crippen LogP contribution in [0.4, 0.5) is 34.5 Å². The Morgan fingerprint density at radius 2 is 1.63 bits per heavy atom. The van der Waals surface area contributed by atoms with Crippen LogP contribution in [0.15, 0.2) is 66.9 Å². The van der Waals surface area contributed by atoms with E-state index in [1.165, 1.54) is 6.20 Å². The van der Waals surface area contributed by atoms with Crippen LogP contribution in [-0.2, 0) is 18.9 Å². The molecule has 0 aliphatic carbocycles. The van der Waals surface area contributed by atoms with Crippen molar-refractivity contribution in [3.05, 3.63) is 83.0 Å². The van der Waals surface area contributed by atoms with E-state index in [0.29, 0.717) is 64.0 Å². The molecule has 1 aromatic heterocycles. The first-order valence-corrected chi connectivity index (χ1v) is 24.0. The second-order valence-corrected chi connectivity index (χ2v) is 20.0. The van der Waals surface area contributed by atoms with E-state index in [4.69, 9.17) is 16.3 Å². The molecule has 5 heterocycles. The first-order chi connectivity index (χ1) is 30.3. The minimum absolute atomic E-state index is 0.00976. The van der Waals surface area contributed by atoms with Gasteiger partial charge in [0.25, 0.3) is 11.8 Å². The average molecular weight is 897 g/mol. The number of ether oxygens (including phenoxy) is 1. The second kappa shape index (κ2) is 18.4. The zero-order chi connectivity index (χ0) is 44.4. The van der Waals surface area contributed by atoms with Gasteiger partial charge in [0.05, 0.1) is 35.8 Å². The molecular weight excluding hydrogens is 847 g/mol. The molecule has 8 rings (SSSR count). The number of hydrogen-bond acceptors (Lipinski definition) is 14. The third-order valence-electron chi connectivity index (χ3n) is 12.0. The molecule has 0 saturated carbocycles. The molecule has 1 atom stereocenters. The van der Waals surface area contributed by atoms with Gasteiger partial charge in [-0.15, -0.1) is 0 Å². The lowest BCUT2D eigenvalue weighted by Crippen LogP contribution is -2.54. The summed E-state index contributed by atoms with van der Waals surface area (Å²) in [5.74, 6) is -0.916. The van der Waals surface area contributed by atoms with E-state index in [9.17, 15) is 28.5 Å². The van der Waals surface area contributed by atoms with Crippen molar-refractivity contribution >= 4 is 88.1 Å². The van der Waals surface area contributed by atoms with E-state index in [-0.39, 0.29) is 42.8 Å². The summed E-state index contributed by atoms with van der Waals surface area (Å²) in [5, 5.41) is 12.9. The smallest absolute Gasteiger partial charge is 0.264 e. The molecule has 0 radical (unpaired) electrons. The summed E-state index contributed by atoms with van der Waals surface area (Å²) >= 11 is 6.47. The number of para-hydroxylation sites is 1. The normalized spacial score (nSPS) is 18.6. The molecule has 63 heavy (non-hydrogen) atoms. The van der Waals surface area contributed by atoms with Gasteiger partial charge in [-0.25, -0.2) is 4.98 Å². The Balaban J connectivity index is 0.801. The molecule has 0 spiro atoms. The monoisotopic (exact) mass is 896 g/mol. The molecule has 1 unspecified atom stereocenters. The Morgan fingerprint density at radius 1 is 0.889 bits per heavy atom. The van der Waals surface area contributed by atoms with Crippen molar-refractivity contribution in [3.8, 4) is 5.75 Å². The van der Waals surface area contributed by atoms with Crippen LogP contribution in [0.3, 0.4) is 0 Å². The van der Waals surface area contributed by atoms with E-state index in [1.807, 2.05) is 41.3 Å². The maximum Gasteiger partial charge on any atom is 0.264 e. The van der Waals surface area contributed by atoms with Crippen LogP contribution in [0.25, 0.3) is 0 Å². The van der Waals surface area contributed by atoms with Crippen molar-refractivity contribution in [2.45, 2.75) is 44.2 Å². The quantitative estimate of drug-likeness (QED) is 0.105. The Kier molecular flexibility index (Phi) is 12.7. The van der Waals surface area contributed by atoms with Gasteiger partial charge in [0, 0.05) is 87.4 Å². The van der Waals surface area contributed by atoms with Crippen LogP contribution in [-0.4, -0.2) is 133 Å². The minimum atomic E-state index is -2.57. The number of piperidine rings is 2. The molecule has 330 valence electrons. The number of halogens is 1. The molecule has 4 aliphatic heterocycles. The number of anilines is 6. The fourth-order valence-electron chi connectivity index (χ4n) is 8.74. The number of rotatable bonds is 13. The van der Waals surface area contributed by atoms with E-state index in [2.05, 4.69) is 47.1 Å². The summed E-state index contributed by atoms with van der Waals surface area (Å²) in [4.78, 5) is 80.7. The number of hydrogen-bond donors (Lipinski definition) is 4. The Hall–Kier alpha value is -6.03. The van der Waals surface area contributed by atoms with E-state index in [0.717, 1.165) is 49.6 Å². The van der Waals surface area contributed by atoms with Gasteiger partial charge in [-0.05, 0) is 69.0 Å². The number of fused-ring (bicyclic) bond motifs is 1. The SMILES string of the molecule is COc1cc(N2CCC(N3CCN(C(=O)CCNc4cccc5c4C(=O)N(C4CCC(=O)NC4=O)C5=O)CC3)CC2)ccc1Nc1ncc(Cl)c(Nc2ccccc2P(C)(C)=O)n1. The molecule has 5 amide bonds. The Morgan fingerprint density at radius 3 is 2.37 bits per heavy atom. The number of benzene rings is 3. The minimum Gasteiger partial charge on any atom is -0.494 e. The molecule has 0 bridgehead atoms. The number of carbonyl (C=O) groups is 5. The van der Waals surface area contributed by atoms with Crippen LogP contribution in [0.5, 0.6) is 5.75 Å². The van der Waals surface area contributed by atoms with E-state index < -0.39 is 36.8 Å². The predicted octanol–water partition coefficient (Wildman–Crippen LogP) is 4.89. The average Bonchev–Trinajstić information content (AvgIpc) is 3.53. The lowest BCUT2D eigenvalue weighted by Gasteiger charge is -2.43. The van der Waals surface area contributed by atoms with Crippen molar-refractivity contribution in [2.75, 3.05) is 87.1 Å². The maximum atomic E-state index is 13.4. The van der Waals surface area contributed by atoms with Crippen molar-refractivity contribution in [2.24, 2.45) is 0 Å². The number of amides is 5. The van der Waals surface area contributed by atoms with Crippen molar-refractivity contribution < 1.29 is 33.3 Å². The van der Waals surface area contributed by atoms with Gasteiger partial charge in [-0.2, -0.15) is 4.98 Å². The molecule has 4 aliphatic rings. The zero-order valence-corrected chi connectivity index (χ0v) is 37.0. The highest BCUT2D eigenvalue weighted by molar-refractivity contribution is 7.70. The van der Waals surface area contributed by atoms with Crippen molar-refractivity contribution in [1.82, 2.24) is 30.0 Å². The number of carbonyl (C=O) groups excluding carboxylic acids is 5. The highest BCUT2D eigenvalue weighted by Gasteiger charge is 2.45. The molecule has 4 N–H and O–H groups in total.